The van der Waals surface area contributed by atoms with Crippen molar-refractivity contribution < 1.29 is 19.8 Å². The van der Waals surface area contributed by atoms with Crippen LogP contribution in [0.2, 0.25) is 0 Å². The molecule has 6 nitrogen and oxygen atoms in total. The second kappa shape index (κ2) is 4.69. The van der Waals surface area contributed by atoms with Gasteiger partial charge in [-0.1, -0.05) is 6.92 Å². The van der Waals surface area contributed by atoms with E-state index in [4.69, 9.17) is 10.2 Å². The lowest BCUT2D eigenvalue weighted by Gasteiger charge is -2.07. The third-order valence-electron chi connectivity index (χ3n) is 2.10. The van der Waals surface area contributed by atoms with Crippen molar-refractivity contribution in [1.82, 2.24) is 9.97 Å². The van der Waals surface area contributed by atoms with Crippen LogP contribution in [0.1, 0.15) is 34.5 Å². The molecule has 0 fully saturated rings. The topological polar surface area (TPSA) is 100 Å². The maximum atomic E-state index is 10.9. The Hall–Kier alpha value is -1.98. The molecule has 1 aromatic heterocycles. The zero-order valence-electron chi connectivity index (χ0n) is 9.02. The molecule has 6 heteroatoms. The van der Waals surface area contributed by atoms with Crippen LogP contribution in [0, 0.1) is 6.92 Å². The average Bonchev–Trinajstić information content (AvgIpc) is 2.19. The van der Waals surface area contributed by atoms with Gasteiger partial charge in [0.1, 0.15) is 0 Å². The summed E-state index contributed by atoms with van der Waals surface area (Å²) in [4.78, 5) is 29.3. The number of aliphatic carboxylic acids is 1. The Morgan fingerprint density at radius 1 is 1.19 bits per heavy atom. The largest absolute Gasteiger partial charge is 0.481 e. The molecule has 1 rings (SSSR count). The lowest BCUT2D eigenvalue weighted by Crippen LogP contribution is -2.15. The number of rotatable bonds is 4. The first-order chi connectivity index (χ1) is 7.45. The van der Waals surface area contributed by atoms with Gasteiger partial charge in [0.2, 0.25) is 0 Å². The van der Waals surface area contributed by atoms with Crippen LogP contribution >= 0.6 is 0 Å². The Labute approximate surface area is 92.0 Å². The van der Waals surface area contributed by atoms with E-state index in [1.807, 2.05) is 6.92 Å². The van der Waals surface area contributed by atoms with Crippen molar-refractivity contribution in [1.29, 1.82) is 0 Å². The van der Waals surface area contributed by atoms with Crippen LogP contribution < -0.4 is 0 Å². The monoisotopic (exact) mass is 224 g/mol. The molecule has 0 aromatic carbocycles. The Bertz CT molecular complexity index is 443. The molecule has 0 saturated carbocycles. The van der Waals surface area contributed by atoms with Crippen LogP contribution in [0.5, 0.6) is 0 Å². The predicted octanol–water partition coefficient (Wildman–Crippen LogP) is 0.673. The minimum absolute atomic E-state index is 0.00227. The van der Waals surface area contributed by atoms with Gasteiger partial charge >= 0.3 is 11.9 Å². The van der Waals surface area contributed by atoms with Crippen LogP contribution in [0.4, 0.5) is 0 Å². The van der Waals surface area contributed by atoms with E-state index < -0.39 is 18.4 Å². The molecule has 0 spiro atoms. The fourth-order valence-electron chi connectivity index (χ4n) is 1.37. The normalized spacial score (nSPS) is 10.1. The molecule has 0 saturated heterocycles. The van der Waals surface area contributed by atoms with Crippen molar-refractivity contribution in [2.24, 2.45) is 0 Å². The van der Waals surface area contributed by atoms with E-state index in [1.54, 1.807) is 6.92 Å². The molecule has 1 heterocycles. The molecule has 2 N–H and O–H groups in total. The summed E-state index contributed by atoms with van der Waals surface area (Å²) in [5.41, 5.74) is 0.870. The highest BCUT2D eigenvalue weighted by atomic mass is 16.4. The molecule has 0 atom stereocenters. The minimum Gasteiger partial charge on any atom is -0.481 e. The van der Waals surface area contributed by atoms with Crippen molar-refractivity contribution in [3.8, 4) is 0 Å². The SMILES string of the molecule is CCc1nc(CC(=O)O)c(C(=O)O)nc1C. The van der Waals surface area contributed by atoms with E-state index in [0.29, 0.717) is 17.8 Å². The molecule has 0 bridgehead atoms. The molecule has 0 aliphatic rings. The lowest BCUT2D eigenvalue weighted by atomic mass is 10.2. The Kier molecular flexibility index (Phi) is 3.55. The van der Waals surface area contributed by atoms with Gasteiger partial charge in [0.15, 0.2) is 5.69 Å². The molecule has 0 aliphatic carbocycles. The second-order valence-corrected chi connectivity index (χ2v) is 3.28. The molecule has 1 aromatic rings. The molecule has 86 valence electrons. The predicted molar refractivity (Wildman–Crippen MR) is 54.4 cm³/mol. The van der Waals surface area contributed by atoms with Crippen molar-refractivity contribution in [2.45, 2.75) is 26.7 Å². The van der Waals surface area contributed by atoms with Gasteiger partial charge in [-0.15, -0.1) is 0 Å². The van der Waals surface area contributed by atoms with Gasteiger partial charge in [0.25, 0.3) is 0 Å². The summed E-state index contributed by atoms with van der Waals surface area (Å²) in [6, 6.07) is 0. The zero-order valence-corrected chi connectivity index (χ0v) is 9.02. The number of carboxylic acid groups (broad SMARTS) is 2. The quantitative estimate of drug-likeness (QED) is 0.779. The van der Waals surface area contributed by atoms with Gasteiger partial charge < -0.3 is 10.2 Å². The van der Waals surface area contributed by atoms with Crippen molar-refractivity contribution >= 4 is 11.9 Å². The maximum absolute atomic E-state index is 10.9. The van der Waals surface area contributed by atoms with E-state index in [1.165, 1.54) is 0 Å². The zero-order chi connectivity index (χ0) is 12.3. The van der Waals surface area contributed by atoms with E-state index in [2.05, 4.69) is 9.97 Å². The summed E-state index contributed by atoms with van der Waals surface area (Å²) in [7, 11) is 0. The van der Waals surface area contributed by atoms with E-state index >= 15 is 0 Å². The van der Waals surface area contributed by atoms with Crippen molar-refractivity contribution in [3.63, 3.8) is 0 Å². The van der Waals surface area contributed by atoms with E-state index in [9.17, 15) is 9.59 Å². The van der Waals surface area contributed by atoms with Crippen LogP contribution in [0.25, 0.3) is 0 Å². The van der Waals surface area contributed by atoms with Crippen LogP contribution in [0.3, 0.4) is 0 Å². The number of aromatic carboxylic acids is 1. The molecule has 16 heavy (non-hydrogen) atoms. The molecule has 0 radical (unpaired) electrons. The number of nitrogens with zero attached hydrogens (tertiary/aromatic N) is 2. The highest BCUT2D eigenvalue weighted by molar-refractivity contribution is 5.88. The summed E-state index contributed by atoms with van der Waals surface area (Å²) < 4.78 is 0. The first kappa shape index (κ1) is 12.1. The van der Waals surface area contributed by atoms with Crippen LogP contribution in [-0.2, 0) is 17.6 Å². The van der Waals surface area contributed by atoms with Crippen LogP contribution in [0.15, 0.2) is 0 Å². The second-order valence-electron chi connectivity index (χ2n) is 3.28. The standard InChI is InChI=1S/C10H12N2O4/c1-3-6-5(2)11-9(10(15)16)7(12-6)4-8(13)14/h3-4H2,1-2H3,(H,13,14)(H,15,16). The molecule has 0 aliphatic heterocycles. The van der Waals surface area contributed by atoms with Gasteiger partial charge in [-0.05, 0) is 13.3 Å². The maximum Gasteiger partial charge on any atom is 0.356 e. The van der Waals surface area contributed by atoms with Crippen LogP contribution in [-0.4, -0.2) is 32.1 Å². The van der Waals surface area contributed by atoms with Gasteiger partial charge in [0.05, 0.1) is 23.5 Å². The van der Waals surface area contributed by atoms with Gasteiger partial charge in [-0.3, -0.25) is 9.78 Å². The Morgan fingerprint density at radius 3 is 2.25 bits per heavy atom. The molecule has 0 unspecified atom stereocenters. The first-order valence-electron chi connectivity index (χ1n) is 4.77. The highest BCUT2D eigenvalue weighted by Crippen LogP contribution is 2.10. The van der Waals surface area contributed by atoms with Gasteiger partial charge in [-0.2, -0.15) is 0 Å². The van der Waals surface area contributed by atoms with Gasteiger partial charge in [0, 0.05) is 0 Å². The Balaban J connectivity index is 3.30. The lowest BCUT2D eigenvalue weighted by molar-refractivity contribution is -0.136. The number of carboxylic acids is 2. The average molecular weight is 224 g/mol. The first-order valence-corrected chi connectivity index (χ1v) is 4.77. The highest BCUT2D eigenvalue weighted by Gasteiger charge is 2.18. The smallest absolute Gasteiger partial charge is 0.356 e. The number of hydrogen-bond donors (Lipinski definition) is 2. The molecule has 0 amide bonds. The van der Waals surface area contributed by atoms with Crippen molar-refractivity contribution in [2.75, 3.05) is 0 Å². The summed E-state index contributed by atoms with van der Waals surface area (Å²) in [5, 5.41) is 17.5. The number of aryl methyl sites for hydroxylation is 2. The molecular formula is C10H12N2O4. The van der Waals surface area contributed by atoms with Crippen molar-refractivity contribution in [3.05, 3.63) is 22.8 Å². The van der Waals surface area contributed by atoms with E-state index in [0.717, 1.165) is 0 Å². The minimum atomic E-state index is -1.26. The Morgan fingerprint density at radius 2 is 1.81 bits per heavy atom. The number of aromatic nitrogens is 2. The number of hydrogen-bond acceptors (Lipinski definition) is 4. The summed E-state index contributed by atoms with van der Waals surface area (Å²) >= 11 is 0. The van der Waals surface area contributed by atoms with Gasteiger partial charge in [-0.25, -0.2) is 9.78 Å². The summed E-state index contributed by atoms with van der Waals surface area (Å²) in [5.74, 6) is -2.38. The fourth-order valence-corrected chi connectivity index (χ4v) is 1.37. The molecular weight excluding hydrogens is 212 g/mol. The fraction of sp³-hybridized carbons (Fsp3) is 0.400. The summed E-state index contributed by atoms with van der Waals surface area (Å²) in [6.07, 6.45) is 0.160. The third kappa shape index (κ3) is 2.53. The summed E-state index contributed by atoms with van der Waals surface area (Å²) in [6.45, 7) is 3.50. The van der Waals surface area contributed by atoms with E-state index in [-0.39, 0.29) is 11.4 Å². The third-order valence-corrected chi connectivity index (χ3v) is 2.10. The number of carbonyl (C=O) groups is 2.